The molecule has 0 amide bonds. The van der Waals surface area contributed by atoms with E-state index in [0.29, 0.717) is 29.3 Å². The summed E-state index contributed by atoms with van der Waals surface area (Å²) in [5, 5.41) is 8.15. The second-order valence-corrected chi connectivity index (χ2v) is 7.27. The van der Waals surface area contributed by atoms with Gasteiger partial charge in [-0.2, -0.15) is 5.10 Å². The van der Waals surface area contributed by atoms with Crippen molar-refractivity contribution in [3.05, 3.63) is 59.7 Å². The molecule has 2 aromatic rings. The summed E-state index contributed by atoms with van der Waals surface area (Å²) in [6, 6.07) is 16.2. The molecule has 0 bridgehead atoms. The number of hydrogen-bond acceptors (Lipinski definition) is 4. The predicted molar refractivity (Wildman–Crippen MR) is 117 cm³/mol. The molecule has 1 aliphatic carbocycles. The van der Waals surface area contributed by atoms with Crippen molar-refractivity contribution in [2.45, 2.75) is 44.8 Å². The summed E-state index contributed by atoms with van der Waals surface area (Å²) in [6.45, 7) is 0.478. The van der Waals surface area contributed by atoms with Gasteiger partial charge in [0.2, 0.25) is 0 Å². The van der Waals surface area contributed by atoms with Crippen molar-refractivity contribution < 1.29 is 9.47 Å². The lowest BCUT2D eigenvalue weighted by Gasteiger charge is -2.23. The topological polar surface area (TPSA) is 54.9 Å². The highest BCUT2D eigenvalue weighted by Gasteiger charge is 2.13. The van der Waals surface area contributed by atoms with Crippen LogP contribution in [-0.2, 0) is 6.61 Å². The van der Waals surface area contributed by atoms with Gasteiger partial charge in [0.15, 0.2) is 16.6 Å². The van der Waals surface area contributed by atoms with Crippen LogP contribution in [0.25, 0.3) is 0 Å². The van der Waals surface area contributed by atoms with Gasteiger partial charge < -0.3 is 14.8 Å². The summed E-state index contributed by atoms with van der Waals surface area (Å²) in [6.07, 6.45) is 7.92. The molecule has 28 heavy (non-hydrogen) atoms. The van der Waals surface area contributed by atoms with Crippen LogP contribution in [0.3, 0.4) is 0 Å². The average molecular weight is 398 g/mol. The minimum Gasteiger partial charge on any atom is -0.493 e. The highest BCUT2D eigenvalue weighted by Crippen LogP contribution is 2.28. The van der Waals surface area contributed by atoms with Gasteiger partial charge in [-0.05, 0) is 54.4 Å². The second-order valence-electron chi connectivity index (χ2n) is 6.86. The maximum Gasteiger partial charge on any atom is 0.187 e. The van der Waals surface area contributed by atoms with E-state index in [2.05, 4.69) is 15.8 Å². The molecule has 5 nitrogen and oxygen atoms in total. The van der Waals surface area contributed by atoms with Crippen LogP contribution < -0.4 is 20.2 Å². The standard InChI is InChI=1S/C22H27N3O2S/c1-26-20-13-12-18(14-21(20)27-16-17-8-4-2-5-9-17)15-23-25-22(28)24-19-10-6-3-7-11-19/h2,4-5,8-9,12-15,19H,3,6-7,10-11,16H2,1H3,(H2,24,25,28)/b23-15-. The van der Waals surface area contributed by atoms with Gasteiger partial charge in [-0.15, -0.1) is 0 Å². The van der Waals surface area contributed by atoms with Gasteiger partial charge in [0.1, 0.15) is 6.61 Å². The van der Waals surface area contributed by atoms with E-state index in [9.17, 15) is 0 Å². The summed E-state index contributed by atoms with van der Waals surface area (Å²) in [5.74, 6) is 1.37. The Morgan fingerprint density at radius 1 is 1.11 bits per heavy atom. The van der Waals surface area contributed by atoms with Gasteiger partial charge in [0, 0.05) is 6.04 Å². The lowest BCUT2D eigenvalue weighted by atomic mass is 9.96. The highest BCUT2D eigenvalue weighted by atomic mass is 32.1. The van der Waals surface area contributed by atoms with Gasteiger partial charge in [0.25, 0.3) is 0 Å². The van der Waals surface area contributed by atoms with E-state index in [4.69, 9.17) is 21.7 Å². The monoisotopic (exact) mass is 397 g/mol. The molecule has 6 heteroatoms. The van der Waals surface area contributed by atoms with E-state index in [1.165, 1.54) is 32.1 Å². The van der Waals surface area contributed by atoms with Crippen LogP contribution >= 0.6 is 12.2 Å². The summed E-state index contributed by atoms with van der Waals surface area (Å²) in [4.78, 5) is 0. The molecule has 0 heterocycles. The maximum atomic E-state index is 5.94. The van der Waals surface area contributed by atoms with Crippen LogP contribution in [0.15, 0.2) is 53.6 Å². The molecule has 1 aliphatic rings. The van der Waals surface area contributed by atoms with E-state index in [-0.39, 0.29) is 0 Å². The summed E-state index contributed by atoms with van der Waals surface area (Å²) in [7, 11) is 1.63. The normalized spacial score (nSPS) is 14.6. The van der Waals surface area contributed by atoms with Crippen molar-refractivity contribution >= 4 is 23.5 Å². The van der Waals surface area contributed by atoms with E-state index in [1.54, 1.807) is 13.3 Å². The number of nitrogens with one attached hydrogen (secondary N) is 2. The first-order valence-electron chi connectivity index (χ1n) is 9.69. The minimum absolute atomic E-state index is 0.461. The predicted octanol–water partition coefficient (Wildman–Crippen LogP) is 4.40. The molecule has 1 saturated carbocycles. The van der Waals surface area contributed by atoms with Gasteiger partial charge in [-0.1, -0.05) is 49.6 Å². The zero-order valence-electron chi connectivity index (χ0n) is 16.2. The first-order valence-corrected chi connectivity index (χ1v) is 10.1. The molecule has 3 rings (SSSR count). The second kappa shape index (κ2) is 10.7. The van der Waals surface area contributed by atoms with E-state index < -0.39 is 0 Å². The van der Waals surface area contributed by atoms with Crippen LogP contribution in [0, 0.1) is 0 Å². The number of ether oxygens (including phenoxy) is 2. The Balaban J connectivity index is 1.55. The molecule has 0 unspecified atom stereocenters. The number of hydrazone groups is 1. The van der Waals surface area contributed by atoms with Gasteiger partial charge in [-0.3, -0.25) is 5.43 Å². The molecular weight excluding hydrogens is 370 g/mol. The molecule has 0 spiro atoms. The Morgan fingerprint density at radius 2 is 1.89 bits per heavy atom. The summed E-state index contributed by atoms with van der Waals surface area (Å²) >= 11 is 5.33. The Hall–Kier alpha value is -2.60. The fourth-order valence-electron chi connectivity index (χ4n) is 3.25. The van der Waals surface area contributed by atoms with Crippen LogP contribution in [0.5, 0.6) is 11.5 Å². The zero-order valence-corrected chi connectivity index (χ0v) is 17.0. The third-order valence-electron chi connectivity index (χ3n) is 4.74. The molecule has 0 atom stereocenters. The SMILES string of the molecule is COc1ccc(/C=N\NC(=S)NC2CCCCC2)cc1OCc1ccccc1. The van der Waals surface area contributed by atoms with Crippen LogP contribution in [0.4, 0.5) is 0 Å². The van der Waals surface area contributed by atoms with Gasteiger partial charge >= 0.3 is 0 Å². The van der Waals surface area contributed by atoms with E-state index in [1.807, 2.05) is 48.5 Å². The molecule has 1 fully saturated rings. The van der Waals surface area contributed by atoms with Crippen molar-refractivity contribution in [3.63, 3.8) is 0 Å². The van der Waals surface area contributed by atoms with Crippen molar-refractivity contribution in [1.82, 2.24) is 10.7 Å². The minimum atomic E-state index is 0.461. The maximum absolute atomic E-state index is 5.94. The smallest absolute Gasteiger partial charge is 0.187 e. The number of methoxy groups -OCH3 is 1. The lowest BCUT2D eigenvalue weighted by Crippen LogP contribution is -2.40. The summed E-state index contributed by atoms with van der Waals surface area (Å²) in [5.41, 5.74) is 4.90. The molecule has 0 aliphatic heterocycles. The first-order chi connectivity index (χ1) is 13.7. The Morgan fingerprint density at radius 3 is 2.64 bits per heavy atom. The van der Waals surface area contributed by atoms with Crippen LogP contribution in [-0.4, -0.2) is 24.5 Å². The molecule has 0 saturated heterocycles. The number of nitrogens with zero attached hydrogens (tertiary/aromatic N) is 1. The van der Waals surface area contributed by atoms with Gasteiger partial charge in [0.05, 0.1) is 13.3 Å². The molecular formula is C22H27N3O2S. The highest BCUT2D eigenvalue weighted by molar-refractivity contribution is 7.80. The van der Waals surface area contributed by atoms with Crippen LogP contribution in [0.1, 0.15) is 43.2 Å². The quantitative estimate of drug-likeness (QED) is 0.412. The Kier molecular flexibility index (Phi) is 7.67. The number of benzene rings is 2. The van der Waals surface area contributed by atoms with E-state index >= 15 is 0 Å². The van der Waals surface area contributed by atoms with Crippen LogP contribution in [0.2, 0.25) is 0 Å². The molecule has 0 aromatic heterocycles. The number of rotatable bonds is 7. The Labute approximate surface area is 172 Å². The number of hydrogen-bond donors (Lipinski definition) is 2. The molecule has 0 radical (unpaired) electrons. The zero-order chi connectivity index (χ0) is 19.6. The molecule has 148 valence electrons. The van der Waals surface area contributed by atoms with Gasteiger partial charge in [-0.25, -0.2) is 0 Å². The van der Waals surface area contributed by atoms with Crippen molar-refractivity contribution in [1.29, 1.82) is 0 Å². The van der Waals surface area contributed by atoms with Crippen molar-refractivity contribution in [3.8, 4) is 11.5 Å². The fraction of sp³-hybridized carbons (Fsp3) is 0.364. The largest absolute Gasteiger partial charge is 0.493 e. The fourth-order valence-corrected chi connectivity index (χ4v) is 3.47. The lowest BCUT2D eigenvalue weighted by molar-refractivity contribution is 0.284. The van der Waals surface area contributed by atoms with Crippen molar-refractivity contribution in [2.24, 2.45) is 5.10 Å². The average Bonchev–Trinajstić information content (AvgIpc) is 2.74. The third kappa shape index (κ3) is 6.23. The Bertz CT molecular complexity index is 790. The van der Waals surface area contributed by atoms with E-state index in [0.717, 1.165) is 11.1 Å². The molecule has 2 aromatic carbocycles. The molecule has 2 N–H and O–H groups in total. The third-order valence-corrected chi connectivity index (χ3v) is 4.95. The first kappa shape index (κ1) is 20.1. The summed E-state index contributed by atoms with van der Waals surface area (Å²) < 4.78 is 11.3. The van der Waals surface area contributed by atoms with Crippen molar-refractivity contribution in [2.75, 3.05) is 7.11 Å². The number of thiocarbonyl (C=S) groups is 1.